The van der Waals surface area contributed by atoms with Gasteiger partial charge >= 0.3 is 6.36 Å². The summed E-state index contributed by atoms with van der Waals surface area (Å²) in [6.07, 6.45) is -4.70. The van der Waals surface area contributed by atoms with Gasteiger partial charge in [-0.15, -0.1) is 24.8 Å². The standard InChI is InChI=1S/C10H9ClF4O2/c11-6-7-1-2-9(8(12)5-7)16-3-4-17-10(13,14)15/h1-2,5H,3-4,6H2. The molecule has 0 saturated heterocycles. The van der Waals surface area contributed by atoms with E-state index in [9.17, 15) is 17.6 Å². The predicted octanol–water partition coefficient (Wildman–Crippen LogP) is 3.48. The molecule has 0 amide bonds. The van der Waals surface area contributed by atoms with Crippen molar-refractivity contribution in [2.45, 2.75) is 12.2 Å². The van der Waals surface area contributed by atoms with Crippen LogP contribution in [0.1, 0.15) is 5.56 Å². The fourth-order valence-corrected chi connectivity index (χ4v) is 1.22. The van der Waals surface area contributed by atoms with Gasteiger partial charge in [0.15, 0.2) is 11.6 Å². The Morgan fingerprint density at radius 2 is 1.88 bits per heavy atom. The third kappa shape index (κ3) is 5.23. The van der Waals surface area contributed by atoms with Crippen molar-refractivity contribution in [1.29, 1.82) is 0 Å². The highest BCUT2D eigenvalue weighted by molar-refractivity contribution is 6.17. The molecule has 0 aromatic heterocycles. The number of alkyl halides is 4. The van der Waals surface area contributed by atoms with Crippen molar-refractivity contribution < 1.29 is 27.0 Å². The zero-order valence-corrected chi connectivity index (χ0v) is 9.32. The highest BCUT2D eigenvalue weighted by atomic mass is 35.5. The van der Waals surface area contributed by atoms with E-state index < -0.39 is 25.4 Å². The summed E-state index contributed by atoms with van der Waals surface area (Å²) in [6, 6.07) is 3.99. The zero-order valence-electron chi connectivity index (χ0n) is 8.56. The van der Waals surface area contributed by atoms with Crippen LogP contribution in [0.25, 0.3) is 0 Å². The smallest absolute Gasteiger partial charge is 0.488 e. The van der Waals surface area contributed by atoms with Crippen LogP contribution >= 0.6 is 11.6 Å². The quantitative estimate of drug-likeness (QED) is 0.464. The molecule has 0 fully saturated rings. The van der Waals surface area contributed by atoms with Crippen molar-refractivity contribution in [2.24, 2.45) is 0 Å². The van der Waals surface area contributed by atoms with Crippen LogP contribution in [0.15, 0.2) is 18.2 Å². The summed E-state index contributed by atoms with van der Waals surface area (Å²) in [6.45, 7) is -1.09. The Balaban J connectivity index is 2.42. The van der Waals surface area contributed by atoms with Gasteiger partial charge < -0.3 is 4.74 Å². The number of hydrogen-bond acceptors (Lipinski definition) is 2. The Kier molecular flexibility index (Phi) is 5.02. The minimum absolute atomic E-state index is 0.135. The van der Waals surface area contributed by atoms with Crippen LogP contribution in [0.3, 0.4) is 0 Å². The van der Waals surface area contributed by atoms with Crippen LogP contribution < -0.4 is 4.74 Å². The van der Waals surface area contributed by atoms with E-state index in [2.05, 4.69) is 4.74 Å². The second-order valence-corrected chi connectivity index (χ2v) is 3.31. The molecule has 0 atom stereocenters. The number of rotatable bonds is 5. The van der Waals surface area contributed by atoms with Gasteiger partial charge in [-0.3, -0.25) is 4.74 Å². The Morgan fingerprint density at radius 1 is 1.18 bits per heavy atom. The van der Waals surface area contributed by atoms with Crippen LogP contribution in [-0.4, -0.2) is 19.6 Å². The molecule has 0 N–H and O–H groups in total. The molecular weight excluding hydrogens is 264 g/mol. The van der Waals surface area contributed by atoms with Crippen molar-refractivity contribution in [2.75, 3.05) is 13.2 Å². The van der Waals surface area contributed by atoms with E-state index in [4.69, 9.17) is 16.3 Å². The van der Waals surface area contributed by atoms with Gasteiger partial charge in [0.25, 0.3) is 0 Å². The van der Waals surface area contributed by atoms with Gasteiger partial charge in [0.05, 0.1) is 6.61 Å². The monoisotopic (exact) mass is 272 g/mol. The lowest BCUT2D eigenvalue weighted by Gasteiger charge is -2.09. The fraction of sp³-hybridized carbons (Fsp3) is 0.400. The molecule has 0 saturated carbocycles. The minimum Gasteiger partial charge on any atom is -0.488 e. The van der Waals surface area contributed by atoms with Gasteiger partial charge in [0.2, 0.25) is 0 Å². The van der Waals surface area contributed by atoms with Crippen LogP contribution in [0.2, 0.25) is 0 Å². The fourth-order valence-electron chi connectivity index (χ4n) is 1.05. The summed E-state index contributed by atoms with van der Waals surface area (Å²) >= 11 is 5.48. The van der Waals surface area contributed by atoms with E-state index >= 15 is 0 Å². The molecule has 2 nitrogen and oxygen atoms in total. The molecular formula is C10H9ClF4O2. The molecule has 0 unspecified atom stereocenters. The molecule has 1 aromatic carbocycles. The third-order valence-electron chi connectivity index (χ3n) is 1.76. The van der Waals surface area contributed by atoms with E-state index in [0.29, 0.717) is 5.56 Å². The maximum Gasteiger partial charge on any atom is 0.522 e. The first-order valence-electron chi connectivity index (χ1n) is 4.60. The number of halogens is 5. The molecule has 0 aliphatic heterocycles. The van der Waals surface area contributed by atoms with E-state index in [1.54, 1.807) is 0 Å². The minimum atomic E-state index is -4.70. The molecule has 7 heteroatoms. The second kappa shape index (κ2) is 6.07. The largest absolute Gasteiger partial charge is 0.522 e. The molecule has 17 heavy (non-hydrogen) atoms. The van der Waals surface area contributed by atoms with Gasteiger partial charge in [-0.05, 0) is 17.7 Å². The van der Waals surface area contributed by atoms with Crippen molar-refractivity contribution >= 4 is 11.6 Å². The molecule has 0 radical (unpaired) electrons. The highest BCUT2D eigenvalue weighted by Gasteiger charge is 2.28. The Bertz CT molecular complexity index is 368. The first-order chi connectivity index (χ1) is 7.92. The van der Waals surface area contributed by atoms with Crippen LogP contribution in [0.4, 0.5) is 17.6 Å². The van der Waals surface area contributed by atoms with Crippen LogP contribution in [-0.2, 0) is 10.6 Å². The lowest BCUT2D eigenvalue weighted by Crippen LogP contribution is -2.18. The van der Waals surface area contributed by atoms with Gasteiger partial charge in [0.1, 0.15) is 6.61 Å². The summed E-state index contributed by atoms with van der Waals surface area (Å²) in [5, 5.41) is 0. The molecule has 0 spiro atoms. The number of hydrogen-bond donors (Lipinski definition) is 0. The zero-order chi connectivity index (χ0) is 12.9. The van der Waals surface area contributed by atoms with Crippen molar-refractivity contribution in [1.82, 2.24) is 0 Å². The van der Waals surface area contributed by atoms with Crippen LogP contribution in [0.5, 0.6) is 5.75 Å². The molecule has 0 aliphatic rings. The Labute approximate surface area is 100 Å². The SMILES string of the molecule is Fc1cc(CCl)ccc1OCCOC(F)(F)F. The third-order valence-corrected chi connectivity index (χ3v) is 2.07. The van der Waals surface area contributed by atoms with E-state index in [1.807, 2.05) is 0 Å². The van der Waals surface area contributed by atoms with E-state index in [0.717, 1.165) is 6.07 Å². The second-order valence-electron chi connectivity index (χ2n) is 3.04. The lowest BCUT2D eigenvalue weighted by molar-refractivity contribution is -0.325. The molecule has 1 rings (SSSR count). The normalized spacial score (nSPS) is 11.6. The highest BCUT2D eigenvalue weighted by Crippen LogP contribution is 2.20. The van der Waals surface area contributed by atoms with E-state index in [1.165, 1.54) is 12.1 Å². The molecule has 96 valence electrons. The van der Waals surface area contributed by atoms with Gasteiger partial charge in [-0.2, -0.15) is 0 Å². The summed E-state index contributed by atoms with van der Waals surface area (Å²) in [7, 11) is 0. The van der Waals surface area contributed by atoms with Crippen molar-refractivity contribution in [3.05, 3.63) is 29.6 Å². The molecule has 0 bridgehead atoms. The van der Waals surface area contributed by atoms with Crippen LogP contribution in [0, 0.1) is 5.82 Å². The Morgan fingerprint density at radius 3 is 2.41 bits per heavy atom. The predicted molar refractivity (Wildman–Crippen MR) is 53.5 cm³/mol. The van der Waals surface area contributed by atoms with Gasteiger partial charge in [-0.25, -0.2) is 4.39 Å². The molecule has 1 aromatic rings. The topological polar surface area (TPSA) is 18.5 Å². The number of ether oxygens (including phenoxy) is 2. The summed E-state index contributed by atoms with van der Waals surface area (Å²) in [5.74, 6) is -0.659. The first-order valence-corrected chi connectivity index (χ1v) is 5.13. The maximum absolute atomic E-state index is 13.3. The maximum atomic E-state index is 13.3. The van der Waals surface area contributed by atoms with E-state index in [-0.39, 0.29) is 11.6 Å². The average molecular weight is 273 g/mol. The van der Waals surface area contributed by atoms with Gasteiger partial charge in [0, 0.05) is 5.88 Å². The molecule has 0 heterocycles. The average Bonchev–Trinajstić information content (AvgIpc) is 2.24. The lowest BCUT2D eigenvalue weighted by atomic mass is 10.2. The van der Waals surface area contributed by atoms with Crippen molar-refractivity contribution in [3.8, 4) is 5.75 Å². The first kappa shape index (κ1) is 14.1. The summed E-state index contributed by atoms with van der Waals surface area (Å²) in [4.78, 5) is 0. The van der Waals surface area contributed by atoms with Gasteiger partial charge in [-0.1, -0.05) is 6.07 Å². The number of benzene rings is 1. The summed E-state index contributed by atoms with van der Waals surface area (Å²) in [5.41, 5.74) is 0.558. The van der Waals surface area contributed by atoms with Crippen molar-refractivity contribution in [3.63, 3.8) is 0 Å². The Hall–Kier alpha value is -1.01. The molecule has 0 aliphatic carbocycles. The summed E-state index contributed by atoms with van der Waals surface area (Å²) < 4.78 is 56.3.